The van der Waals surface area contributed by atoms with Gasteiger partial charge >= 0.3 is 0 Å². The number of hydrogen-bond donors (Lipinski definition) is 0. The summed E-state index contributed by atoms with van der Waals surface area (Å²) in [6, 6.07) is 0.124. The fraction of sp³-hybridized carbons (Fsp3) is 0.800. The highest BCUT2D eigenvalue weighted by Gasteiger charge is 2.02. The van der Waals surface area contributed by atoms with Gasteiger partial charge in [0.2, 0.25) is 0 Å². The molecule has 0 spiro atoms. The number of azide groups is 1. The summed E-state index contributed by atoms with van der Waals surface area (Å²) in [5, 5.41) is 3.72. The highest BCUT2D eigenvalue weighted by molar-refractivity contribution is 4.78. The zero-order valence-corrected chi connectivity index (χ0v) is 8.45. The Kier molecular flexibility index (Phi) is 8.47. The average molecular weight is 181 g/mol. The molecular weight excluding hydrogens is 162 g/mol. The number of hydrogen-bond acceptors (Lipinski definition) is 1. The number of nitrogens with zero attached hydrogens (tertiary/aromatic N) is 3. The van der Waals surface area contributed by atoms with E-state index >= 15 is 0 Å². The minimum Gasteiger partial charge on any atom is -0.103 e. The van der Waals surface area contributed by atoms with Crippen LogP contribution in [0.4, 0.5) is 0 Å². The van der Waals surface area contributed by atoms with E-state index in [1.807, 2.05) is 6.08 Å². The van der Waals surface area contributed by atoms with E-state index in [0.29, 0.717) is 0 Å². The van der Waals surface area contributed by atoms with Crippen molar-refractivity contribution >= 4 is 0 Å². The van der Waals surface area contributed by atoms with Gasteiger partial charge in [-0.2, -0.15) is 0 Å². The van der Waals surface area contributed by atoms with Gasteiger partial charge in [0.1, 0.15) is 0 Å². The van der Waals surface area contributed by atoms with Crippen molar-refractivity contribution in [1.82, 2.24) is 0 Å². The maximum atomic E-state index is 8.29. The lowest BCUT2D eigenvalue weighted by Gasteiger charge is -2.06. The molecule has 13 heavy (non-hydrogen) atoms. The third-order valence-electron chi connectivity index (χ3n) is 2.04. The first-order valence-corrected chi connectivity index (χ1v) is 5.00. The van der Waals surface area contributed by atoms with Gasteiger partial charge in [0, 0.05) is 11.0 Å². The Bertz CT molecular complexity index is 171. The first-order valence-electron chi connectivity index (χ1n) is 5.00. The summed E-state index contributed by atoms with van der Waals surface area (Å²) >= 11 is 0. The Morgan fingerprint density at radius 1 is 1.46 bits per heavy atom. The Labute approximate surface area is 80.5 Å². The summed E-state index contributed by atoms with van der Waals surface area (Å²) in [4.78, 5) is 2.83. The van der Waals surface area contributed by atoms with Crippen LogP contribution in [0.2, 0.25) is 0 Å². The van der Waals surface area contributed by atoms with Crippen molar-refractivity contribution in [3.05, 3.63) is 23.1 Å². The standard InChI is InChI=1S/C10H19N3/c1-3-5-6-7-9-10(8-4-2)12-13-11/h4,10H,2-3,5-9H2,1H3/t10-/m0/s1. The molecule has 0 aromatic rings. The third-order valence-corrected chi connectivity index (χ3v) is 2.04. The van der Waals surface area contributed by atoms with Crippen molar-refractivity contribution < 1.29 is 0 Å². The van der Waals surface area contributed by atoms with Crippen LogP contribution in [0.3, 0.4) is 0 Å². The molecule has 74 valence electrons. The van der Waals surface area contributed by atoms with Gasteiger partial charge in [-0.25, -0.2) is 0 Å². The van der Waals surface area contributed by atoms with Crippen molar-refractivity contribution in [2.45, 2.75) is 51.5 Å². The molecule has 3 nitrogen and oxygen atoms in total. The van der Waals surface area contributed by atoms with Gasteiger partial charge in [0.15, 0.2) is 0 Å². The molecule has 0 N–H and O–H groups in total. The van der Waals surface area contributed by atoms with Crippen LogP contribution in [0.15, 0.2) is 17.8 Å². The zero-order chi connectivity index (χ0) is 9.94. The lowest BCUT2D eigenvalue weighted by Crippen LogP contribution is -2.01. The van der Waals surface area contributed by atoms with Gasteiger partial charge in [0.05, 0.1) is 0 Å². The van der Waals surface area contributed by atoms with E-state index < -0.39 is 0 Å². The van der Waals surface area contributed by atoms with E-state index in [1.165, 1.54) is 19.3 Å². The highest BCUT2D eigenvalue weighted by atomic mass is 15.1. The van der Waals surface area contributed by atoms with E-state index in [0.717, 1.165) is 19.3 Å². The van der Waals surface area contributed by atoms with Crippen molar-refractivity contribution in [2.24, 2.45) is 5.11 Å². The maximum Gasteiger partial charge on any atom is 0.0408 e. The predicted molar refractivity (Wildman–Crippen MR) is 56.5 cm³/mol. The topological polar surface area (TPSA) is 48.8 Å². The van der Waals surface area contributed by atoms with Gasteiger partial charge in [-0.15, -0.1) is 6.58 Å². The molecule has 0 aromatic carbocycles. The second kappa shape index (κ2) is 9.14. The van der Waals surface area contributed by atoms with Crippen LogP contribution in [0.5, 0.6) is 0 Å². The second-order valence-corrected chi connectivity index (χ2v) is 3.23. The van der Waals surface area contributed by atoms with Gasteiger partial charge in [-0.05, 0) is 18.4 Å². The molecule has 0 unspecified atom stereocenters. The van der Waals surface area contributed by atoms with Crippen LogP contribution < -0.4 is 0 Å². The van der Waals surface area contributed by atoms with Crippen LogP contribution in [-0.4, -0.2) is 6.04 Å². The molecule has 0 radical (unpaired) electrons. The second-order valence-electron chi connectivity index (χ2n) is 3.23. The molecule has 0 fully saturated rings. The normalized spacial score (nSPS) is 11.8. The monoisotopic (exact) mass is 181 g/mol. The van der Waals surface area contributed by atoms with E-state index in [4.69, 9.17) is 5.53 Å². The lowest BCUT2D eigenvalue weighted by atomic mass is 10.1. The molecule has 1 atom stereocenters. The van der Waals surface area contributed by atoms with Crippen molar-refractivity contribution in [3.8, 4) is 0 Å². The quantitative estimate of drug-likeness (QED) is 0.177. The van der Waals surface area contributed by atoms with Gasteiger partial charge in [-0.3, -0.25) is 0 Å². The van der Waals surface area contributed by atoms with Gasteiger partial charge in [0.25, 0.3) is 0 Å². The molecular formula is C10H19N3. The minimum atomic E-state index is 0.124. The lowest BCUT2D eigenvalue weighted by molar-refractivity contribution is 0.550. The molecule has 0 aliphatic heterocycles. The van der Waals surface area contributed by atoms with Crippen LogP contribution >= 0.6 is 0 Å². The van der Waals surface area contributed by atoms with Crippen LogP contribution in [-0.2, 0) is 0 Å². The minimum absolute atomic E-state index is 0.124. The summed E-state index contributed by atoms with van der Waals surface area (Å²) in [5.74, 6) is 0. The van der Waals surface area contributed by atoms with Gasteiger partial charge < -0.3 is 0 Å². The molecule has 0 amide bonds. The Morgan fingerprint density at radius 2 is 2.23 bits per heavy atom. The fourth-order valence-corrected chi connectivity index (χ4v) is 1.29. The summed E-state index contributed by atoms with van der Waals surface area (Å²) in [7, 11) is 0. The maximum absolute atomic E-state index is 8.29. The summed E-state index contributed by atoms with van der Waals surface area (Å²) in [6.07, 6.45) is 8.53. The molecule has 0 aliphatic carbocycles. The Hall–Kier alpha value is -0.950. The zero-order valence-electron chi connectivity index (χ0n) is 8.45. The summed E-state index contributed by atoms with van der Waals surface area (Å²) in [6.45, 7) is 5.83. The smallest absolute Gasteiger partial charge is 0.0408 e. The number of unbranched alkanes of at least 4 members (excludes halogenated alkanes) is 3. The largest absolute Gasteiger partial charge is 0.103 e. The molecule has 0 aromatic heterocycles. The van der Waals surface area contributed by atoms with E-state index in [9.17, 15) is 0 Å². The molecule has 0 saturated carbocycles. The molecule has 0 rings (SSSR count). The van der Waals surface area contributed by atoms with Crippen molar-refractivity contribution in [2.75, 3.05) is 0 Å². The van der Waals surface area contributed by atoms with Crippen LogP contribution in [0, 0.1) is 0 Å². The first-order chi connectivity index (χ1) is 6.35. The molecule has 0 saturated heterocycles. The van der Waals surface area contributed by atoms with Crippen LogP contribution in [0.25, 0.3) is 10.4 Å². The molecule has 0 bridgehead atoms. The van der Waals surface area contributed by atoms with Crippen molar-refractivity contribution in [1.29, 1.82) is 0 Å². The van der Waals surface area contributed by atoms with Crippen LogP contribution in [0.1, 0.15) is 45.4 Å². The van der Waals surface area contributed by atoms with E-state index in [-0.39, 0.29) is 6.04 Å². The molecule has 3 heteroatoms. The van der Waals surface area contributed by atoms with Gasteiger partial charge in [-0.1, -0.05) is 43.8 Å². The molecule has 0 heterocycles. The Balaban J connectivity index is 3.56. The average Bonchev–Trinajstić information content (AvgIpc) is 2.13. The molecule has 0 aliphatic rings. The number of rotatable bonds is 8. The summed E-state index contributed by atoms with van der Waals surface area (Å²) < 4.78 is 0. The fourth-order valence-electron chi connectivity index (χ4n) is 1.29. The highest BCUT2D eigenvalue weighted by Crippen LogP contribution is 2.11. The third kappa shape index (κ3) is 7.41. The first kappa shape index (κ1) is 12.0. The predicted octanol–water partition coefficient (Wildman–Crippen LogP) is 4.21. The van der Waals surface area contributed by atoms with Crippen molar-refractivity contribution in [3.63, 3.8) is 0 Å². The Morgan fingerprint density at radius 3 is 2.77 bits per heavy atom. The van der Waals surface area contributed by atoms with E-state index in [1.54, 1.807) is 0 Å². The summed E-state index contributed by atoms with van der Waals surface area (Å²) in [5.41, 5.74) is 8.29. The van der Waals surface area contributed by atoms with E-state index in [2.05, 4.69) is 23.5 Å². The SMILES string of the molecule is C=CC[C@@H](CCCCCC)N=[N+]=[N-].